The molecule has 0 bridgehead atoms. The van der Waals surface area contributed by atoms with E-state index in [9.17, 15) is 9.90 Å². The lowest BCUT2D eigenvalue weighted by Crippen LogP contribution is -2.40. The second-order valence-electron chi connectivity index (χ2n) is 6.86. The number of nitrogens with one attached hydrogen (secondary N) is 1. The first-order valence-corrected chi connectivity index (χ1v) is 8.35. The van der Waals surface area contributed by atoms with Gasteiger partial charge in [-0.2, -0.15) is 0 Å². The van der Waals surface area contributed by atoms with Gasteiger partial charge in [0.05, 0.1) is 6.10 Å². The van der Waals surface area contributed by atoms with Gasteiger partial charge in [0, 0.05) is 32.6 Å². The van der Waals surface area contributed by atoms with Crippen molar-refractivity contribution < 1.29 is 9.90 Å². The second-order valence-corrected chi connectivity index (χ2v) is 6.86. The van der Waals surface area contributed by atoms with E-state index in [1.807, 2.05) is 26.2 Å². The predicted octanol–water partition coefficient (Wildman–Crippen LogP) is 2.05. The topological polar surface area (TPSA) is 55.8 Å². The number of hydrogen-bond acceptors (Lipinski definition) is 3. The summed E-state index contributed by atoms with van der Waals surface area (Å²) < 4.78 is 0. The zero-order valence-corrected chi connectivity index (χ0v) is 14.5. The van der Waals surface area contributed by atoms with Crippen LogP contribution in [-0.4, -0.2) is 54.7 Å². The van der Waals surface area contributed by atoms with Crippen LogP contribution in [0.15, 0.2) is 24.3 Å². The van der Waals surface area contributed by atoms with Crippen LogP contribution in [0.25, 0.3) is 0 Å². The maximum atomic E-state index is 12.2. The predicted molar refractivity (Wildman–Crippen MR) is 92.0 cm³/mol. The van der Waals surface area contributed by atoms with Gasteiger partial charge < -0.3 is 20.2 Å². The number of aliphatic hydroxyl groups is 1. The minimum Gasteiger partial charge on any atom is -0.393 e. The van der Waals surface area contributed by atoms with Crippen molar-refractivity contribution in [3.8, 4) is 0 Å². The molecule has 2 N–H and O–H groups in total. The number of aliphatic hydroxyl groups excluding tert-OH is 1. The smallest absolute Gasteiger partial charge is 0.317 e. The molecule has 1 aliphatic carbocycles. The highest BCUT2D eigenvalue weighted by molar-refractivity contribution is 5.73. The Morgan fingerprint density at radius 3 is 2.65 bits per heavy atom. The van der Waals surface area contributed by atoms with Gasteiger partial charge in [0.2, 0.25) is 0 Å². The van der Waals surface area contributed by atoms with Crippen LogP contribution in [-0.2, 0) is 13.1 Å². The van der Waals surface area contributed by atoms with Crippen LogP contribution in [0.2, 0.25) is 0 Å². The Bertz CT molecular complexity index is 519. The SMILES string of the molecule is CN(C)Cc1cccc(CNC(=O)N(C)CC2CCCC2O)c1. The Hall–Kier alpha value is -1.59. The van der Waals surface area contributed by atoms with E-state index in [-0.39, 0.29) is 18.1 Å². The molecule has 2 atom stereocenters. The molecule has 2 amide bonds. The first-order chi connectivity index (χ1) is 11.0. The molecule has 0 aromatic heterocycles. The van der Waals surface area contributed by atoms with Crippen LogP contribution in [0, 0.1) is 5.92 Å². The van der Waals surface area contributed by atoms with Crippen LogP contribution < -0.4 is 5.32 Å². The fraction of sp³-hybridized carbons (Fsp3) is 0.611. The first-order valence-electron chi connectivity index (χ1n) is 8.35. The average Bonchev–Trinajstić information content (AvgIpc) is 2.89. The number of carbonyl (C=O) groups is 1. The van der Waals surface area contributed by atoms with Gasteiger partial charge in [0.1, 0.15) is 0 Å². The monoisotopic (exact) mass is 319 g/mol. The Balaban J connectivity index is 1.81. The third kappa shape index (κ3) is 5.52. The molecule has 0 saturated heterocycles. The van der Waals surface area contributed by atoms with E-state index in [1.165, 1.54) is 5.56 Å². The van der Waals surface area contributed by atoms with E-state index in [0.29, 0.717) is 13.1 Å². The lowest BCUT2D eigenvalue weighted by atomic mass is 10.1. The van der Waals surface area contributed by atoms with Crippen molar-refractivity contribution in [1.29, 1.82) is 0 Å². The van der Waals surface area contributed by atoms with Gasteiger partial charge in [-0.25, -0.2) is 4.79 Å². The molecule has 5 nitrogen and oxygen atoms in total. The number of nitrogens with zero attached hydrogens (tertiary/aromatic N) is 2. The van der Waals surface area contributed by atoms with Gasteiger partial charge in [0.25, 0.3) is 0 Å². The molecule has 0 radical (unpaired) electrons. The van der Waals surface area contributed by atoms with Crippen LogP contribution in [0.1, 0.15) is 30.4 Å². The standard InChI is InChI=1S/C18H29N3O2/c1-20(2)12-15-7-4-6-14(10-15)11-19-18(23)21(3)13-16-8-5-9-17(16)22/h4,6-7,10,16-17,22H,5,8-9,11-13H2,1-3H3,(H,19,23). The summed E-state index contributed by atoms with van der Waals surface area (Å²) in [5.41, 5.74) is 2.34. The molecule has 5 heteroatoms. The summed E-state index contributed by atoms with van der Waals surface area (Å²) in [5, 5.41) is 12.8. The van der Waals surface area contributed by atoms with Crippen LogP contribution >= 0.6 is 0 Å². The Labute approximate surface area is 139 Å². The molecule has 0 heterocycles. The average molecular weight is 319 g/mol. The van der Waals surface area contributed by atoms with Crippen molar-refractivity contribution in [2.45, 2.75) is 38.5 Å². The van der Waals surface area contributed by atoms with Crippen LogP contribution in [0.3, 0.4) is 0 Å². The summed E-state index contributed by atoms with van der Waals surface area (Å²) in [7, 11) is 5.88. The molecule has 1 saturated carbocycles. The molecular weight excluding hydrogens is 290 g/mol. The summed E-state index contributed by atoms with van der Waals surface area (Å²) in [6, 6.07) is 8.20. The zero-order valence-electron chi connectivity index (χ0n) is 14.5. The van der Waals surface area contributed by atoms with Crippen LogP contribution in [0.4, 0.5) is 4.79 Å². The van der Waals surface area contributed by atoms with Gasteiger partial charge in [-0.05, 0) is 38.1 Å². The Morgan fingerprint density at radius 2 is 2.00 bits per heavy atom. The van der Waals surface area contributed by atoms with Crippen molar-refractivity contribution in [1.82, 2.24) is 15.1 Å². The van der Waals surface area contributed by atoms with Crippen molar-refractivity contribution in [3.63, 3.8) is 0 Å². The summed E-state index contributed by atoms with van der Waals surface area (Å²) in [6.45, 7) is 2.03. The minimum atomic E-state index is -0.257. The number of carbonyl (C=O) groups excluding carboxylic acids is 1. The van der Waals surface area contributed by atoms with E-state index >= 15 is 0 Å². The normalized spacial score (nSPS) is 20.7. The van der Waals surface area contributed by atoms with Gasteiger partial charge in [-0.3, -0.25) is 0 Å². The third-order valence-electron chi connectivity index (χ3n) is 4.41. The maximum Gasteiger partial charge on any atom is 0.317 e. The van der Waals surface area contributed by atoms with Gasteiger partial charge >= 0.3 is 6.03 Å². The third-order valence-corrected chi connectivity index (χ3v) is 4.41. The molecule has 2 unspecified atom stereocenters. The summed E-state index contributed by atoms with van der Waals surface area (Å²) in [6.07, 6.45) is 2.66. The van der Waals surface area contributed by atoms with Gasteiger partial charge in [-0.15, -0.1) is 0 Å². The molecule has 128 valence electrons. The van der Waals surface area contributed by atoms with Crippen LogP contribution in [0.5, 0.6) is 0 Å². The lowest BCUT2D eigenvalue weighted by Gasteiger charge is -2.23. The molecule has 1 aromatic carbocycles. The molecular formula is C18H29N3O2. The number of urea groups is 1. The summed E-state index contributed by atoms with van der Waals surface area (Å²) >= 11 is 0. The first kappa shape index (κ1) is 17.8. The number of benzene rings is 1. The van der Waals surface area contributed by atoms with E-state index in [2.05, 4.69) is 22.3 Å². The highest BCUT2D eigenvalue weighted by Crippen LogP contribution is 2.25. The van der Waals surface area contributed by atoms with E-state index < -0.39 is 0 Å². The highest BCUT2D eigenvalue weighted by atomic mass is 16.3. The molecule has 1 fully saturated rings. The zero-order chi connectivity index (χ0) is 16.8. The van der Waals surface area contributed by atoms with Crippen molar-refractivity contribution in [2.75, 3.05) is 27.7 Å². The second kappa shape index (κ2) is 8.31. The fourth-order valence-corrected chi connectivity index (χ4v) is 3.18. The van der Waals surface area contributed by atoms with Crippen molar-refractivity contribution in [3.05, 3.63) is 35.4 Å². The summed E-state index contributed by atoms with van der Waals surface area (Å²) in [4.78, 5) is 16.0. The van der Waals surface area contributed by atoms with E-state index in [0.717, 1.165) is 31.4 Å². The van der Waals surface area contributed by atoms with Crippen molar-refractivity contribution in [2.24, 2.45) is 5.92 Å². The summed E-state index contributed by atoms with van der Waals surface area (Å²) in [5.74, 6) is 0.217. The van der Waals surface area contributed by atoms with E-state index in [4.69, 9.17) is 0 Å². The Morgan fingerprint density at radius 1 is 1.26 bits per heavy atom. The Kier molecular flexibility index (Phi) is 6.42. The molecule has 2 rings (SSSR count). The maximum absolute atomic E-state index is 12.2. The van der Waals surface area contributed by atoms with Crippen molar-refractivity contribution >= 4 is 6.03 Å². The molecule has 23 heavy (non-hydrogen) atoms. The molecule has 0 spiro atoms. The number of amides is 2. The van der Waals surface area contributed by atoms with E-state index in [1.54, 1.807) is 11.9 Å². The lowest BCUT2D eigenvalue weighted by molar-refractivity contribution is 0.114. The molecule has 1 aromatic rings. The molecule has 0 aliphatic heterocycles. The molecule has 1 aliphatic rings. The number of rotatable bonds is 6. The number of hydrogen-bond donors (Lipinski definition) is 2. The quantitative estimate of drug-likeness (QED) is 0.844. The van der Waals surface area contributed by atoms with Gasteiger partial charge in [-0.1, -0.05) is 30.7 Å². The fourth-order valence-electron chi connectivity index (χ4n) is 3.18. The van der Waals surface area contributed by atoms with Gasteiger partial charge in [0.15, 0.2) is 0 Å². The largest absolute Gasteiger partial charge is 0.393 e. The minimum absolute atomic E-state index is 0.0814. The highest BCUT2D eigenvalue weighted by Gasteiger charge is 2.27.